The molecule has 13 heavy (non-hydrogen) atoms. The van der Waals surface area contributed by atoms with Crippen LogP contribution in [0.25, 0.3) is 0 Å². The van der Waals surface area contributed by atoms with Crippen molar-refractivity contribution in [3.63, 3.8) is 0 Å². The fourth-order valence-corrected chi connectivity index (χ4v) is 1.32. The van der Waals surface area contributed by atoms with Crippen molar-refractivity contribution in [2.24, 2.45) is 0 Å². The van der Waals surface area contributed by atoms with Gasteiger partial charge in [0.15, 0.2) is 0 Å². The highest BCUT2D eigenvalue weighted by Crippen LogP contribution is 1.94. The molecule has 3 nitrogen and oxygen atoms in total. The number of nitriles is 1. The first-order valence-electron chi connectivity index (χ1n) is 4.81. The van der Waals surface area contributed by atoms with Crippen LogP contribution in [-0.4, -0.2) is 4.98 Å². The minimum atomic E-state index is 0.590. The van der Waals surface area contributed by atoms with Crippen molar-refractivity contribution in [1.82, 2.24) is 4.98 Å². The number of H-pyrrole nitrogens is 1. The largest absolute Gasteiger partial charge is 0.255 e. The summed E-state index contributed by atoms with van der Waals surface area (Å²) in [5.74, 6) is 1.16. The molecule has 0 saturated carbocycles. The summed E-state index contributed by atoms with van der Waals surface area (Å²) in [4.78, 5) is 3.16. The Labute approximate surface area is 79.0 Å². The zero-order valence-electron chi connectivity index (χ0n) is 8.08. The molecular weight excluding hydrogens is 162 g/mol. The molecule has 0 radical (unpaired) electrons. The number of nitrogens with zero attached hydrogens (tertiary/aromatic N) is 2. The van der Waals surface area contributed by atoms with Gasteiger partial charge in [-0.3, -0.25) is 0 Å². The van der Waals surface area contributed by atoms with Crippen molar-refractivity contribution in [2.75, 3.05) is 0 Å². The molecule has 1 rings (SSSR count). The average Bonchev–Trinajstić information content (AvgIpc) is 2.59. The van der Waals surface area contributed by atoms with E-state index in [-0.39, 0.29) is 0 Å². The first-order valence-corrected chi connectivity index (χ1v) is 4.81. The van der Waals surface area contributed by atoms with Gasteiger partial charge in [-0.25, -0.2) is 9.55 Å². The Kier molecular flexibility index (Phi) is 4.04. The number of aromatic amines is 1. The molecule has 0 amide bonds. The summed E-state index contributed by atoms with van der Waals surface area (Å²) in [6.07, 6.45) is 7.79. The van der Waals surface area contributed by atoms with Gasteiger partial charge in [-0.15, -0.1) is 0 Å². The van der Waals surface area contributed by atoms with Gasteiger partial charge in [0.05, 0.1) is 19.0 Å². The quantitative estimate of drug-likeness (QED) is 0.683. The van der Waals surface area contributed by atoms with E-state index in [1.54, 1.807) is 0 Å². The number of aryl methyl sites for hydroxylation is 2. The molecular formula is C10H16N3+. The summed E-state index contributed by atoms with van der Waals surface area (Å²) in [5, 5.41) is 8.46. The molecule has 0 aromatic carbocycles. The van der Waals surface area contributed by atoms with E-state index in [1.807, 2.05) is 12.4 Å². The fourth-order valence-electron chi connectivity index (χ4n) is 1.32. The lowest BCUT2D eigenvalue weighted by atomic mass is 10.3. The van der Waals surface area contributed by atoms with Crippen LogP contribution in [-0.2, 0) is 13.0 Å². The normalized spacial score (nSPS) is 9.85. The molecule has 0 bridgehead atoms. The van der Waals surface area contributed by atoms with Crippen molar-refractivity contribution in [3.8, 4) is 6.07 Å². The molecule has 0 aliphatic carbocycles. The number of hydrogen-bond acceptors (Lipinski definition) is 1. The highest BCUT2D eigenvalue weighted by Gasteiger charge is 2.08. The molecule has 1 aromatic rings. The smallest absolute Gasteiger partial charge is 0.248 e. The minimum absolute atomic E-state index is 0.590. The summed E-state index contributed by atoms with van der Waals surface area (Å²) >= 11 is 0. The third kappa shape index (κ3) is 2.90. The molecule has 70 valence electrons. The second-order valence-electron chi connectivity index (χ2n) is 3.11. The Bertz CT molecular complexity index is 283. The molecule has 1 heterocycles. The lowest BCUT2D eigenvalue weighted by Gasteiger charge is -1.97. The molecule has 1 N–H and O–H groups in total. The van der Waals surface area contributed by atoms with Crippen LogP contribution in [0.15, 0.2) is 12.4 Å². The van der Waals surface area contributed by atoms with Crippen molar-refractivity contribution in [3.05, 3.63) is 18.2 Å². The molecule has 0 fully saturated rings. The van der Waals surface area contributed by atoms with E-state index >= 15 is 0 Å². The molecule has 0 aliphatic heterocycles. The monoisotopic (exact) mass is 178 g/mol. The van der Waals surface area contributed by atoms with Crippen LogP contribution in [0.1, 0.15) is 32.0 Å². The first-order chi connectivity index (χ1) is 6.38. The lowest BCUT2D eigenvalue weighted by molar-refractivity contribution is -0.703. The highest BCUT2D eigenvalue weighted by molar-refractivity contribution is 4.82. The summed E-state index contributed by atoms with van der Waals surface area (Å²) < 4.78 is 2.20. The average molecular weight is 178 g/mol. The predicted octanol–water partition coefficient (Wildman–Crippen LogP) is 1.56. The number of imidazole rings is 1. The minimum Gasteiger partial charge on any atom is -0.248 e. The van der Waals surface area contributed by atoms with Crippen LogP contribution in [0.4, 0.5) is 0 Å². The second kappa shape index (κ2) is 5.36. The zero-order valence-corrected chi connectivity index (χ0v) is 8.08. The van der Waals surface area contributed by atoms with Crippen molar-refractivity contribution < 1.29 is 4.57 Å². The van der Waals surface area contributed by atoms with Gasteiger partial charge in [0, 0.05) is 6.42 Å². The van der Waals surface area contributed by atoms with Gasteiger partial charge in [-0.1, -0.05) is 13.3 Å². The lowest BCUT2D eigenvalue weighted by Crippen LogP contribution is -2.35. The molecule has 0 spiro atoms. The number of rotatable bonds is 5. The van der Waals surface area contributed by atoms with E-state index in [0.717, 1.165) is 18.8 Å². The number of nitrogens with one attached hydrogen (secondary N) is 1. The molecule has 1 aromatic heterocycles. The Morgan fingerprint density at radius 2 is 2.46 bits per heavy atom. The number of aromatic nitrogens is 2. The van der Waals surface area contributed by atoms with Crippen LogP contribution < -0.4 is 4.57 Å². The zero-order chi connectivity index (χ0) is 9.52. The standard InChI is InChI=1S/C10H15N3/c1-2-3-8-13-9-7-12-10(13)5-4-6-11/h7,9H,2-5,8H2,1H3/p+1. The van der Waals surface area contributed by atoms with Gasteiger partial charge >= 0.3 is 0 Å². The summed E-state index contributed by atoms with van der Waals surface area (Å²) in [6, 6.07) is 2.16. The van der Waals surface area contributed by atoms with Crippen LogP contribution in [0.3, 0.4) is 0 Å². The Hall–Kier alpha value is -1.30. The van der Waals surface area contributed by atoms with Gasteiger partial charge < -0.3 is 0 Å². The first kappa shape index (κ1) is 9.79. The highest BCUT2D eigenvalue weighted by atomic mass is 15.1. The third-order valence-electron chi connectivity index (χ3n) is 2.08. The molecule has 0 atom stereocenters. The Balaban J connectivity index is 2.51. The SMILES string of the molecule is CCCC[n+]1cc[nH]c1CCC#N. The van der Waals surface area contributed by atoms with Crippen LogP contribution in [0.5, 0.6) is 0 Å². The number of hydrogen-bond donors (Lipinski definition) is 1. The van der Waals surface area contributed by atoms with Crippen LogP contribution >= 0.6 is 0 Å². The van der Waals surface area contributed by atoms with Crippen molar-refractivity contribution >= 4 is 0 Å². The maximum Gasteiger partial charge on any atom is 0.255 e. The van der Waals surface area contributed by atoms with Gasteiger partial charge in [0.2, 0.25) is 0 Å². The Morgan fingerprint density at radius 3 is 3.15 bits per heavy atom. The van der Waals surface area contributed by atoms with Gasteiger partial charge in [0.25, 0.3) is 5.82 Å². The van der Waals surface area contributed by atoms with Crippen molar-refractivity contribution in [2.45, 2.75) is 39.2 Å². The maximum atomic E-state index is 8.46. The Morgan fingerprint density at radius 1 is 1.62 bits per heavy atom. The van der Waals surface area contributed by atoms with Crippen LogP contribution in [0, 0.1) is 11.3 Å². The topological polar surface area (TPSA) is 43.5 Å². The van der Waals surface area contributed by atoms with Crippen molar-refractivity contribution in [1.29, 1.82) is 5.26 Å². The summed E-state index contributed by atoms with van der Waals surface area (Å²) in [7, 11) is 0. The second-order valence-corrected chi connectivity index (χ2v) is 3.11. The van der Waals surface area contributed by atoms with E-state index in [2.05, 4.69) is 22.5 Å². The molecule has 0 saturated heterocycles. The van der Waals surface area contributed by atoms with Gasteiger partial charge in [-0.05, 0) is 6.42 Å². The fraction of sp³-hybridized carbons (Fsp3) is 0.600. The van der Waals surface area contributed by atoms with E-state index in [9.17, 15) is 0 Å². The summed E-state index contributed by atoms with van der Waals surface area (Å²) in [6.45, 7) is 3.24. The van der Waals surface area contributed by atoms with Gasteiger partial charge in [-0.2, -0.15) is 5.26 Å². The van der Waals surface area contributed by atoms with E-state index in [4.69, 9.17) is 5.26 Å². The third-order valence-corrected chi connectivity index (χ3v) is 2.08. The molecule has 0 aliphatic rings. The molecule has 0 unspecified atom stereocenters. The van der Waals surface area contributed by atoms with E-state index < -0.39 is 0 Å². The molecule has 3 heteroatoms. The predicted molar refractivity (Wildman–Crippen MR) is 49.8 cm³/mol. The maximum absolute atomic E-state index is 8.46. The summed E-state index contributed by atoms with van der Waals surface area (Å²) in [5.41, 5.74) is 0. The van der Waals surface area contributed by atoms with Gasteiger partial charge in [0.1, 0.15) is 12.4 Å². The number of unbranched alkanes of at least 4 members (excludes halogenated alkanes) is 1. The van der Waals surface area contributed by atoms with E-state index in [1.165, 1.54) is 12.8 Å². The van der Waals surface area contributed by atoms with E-state index in [0.29, 0.717) is 6.42 Å². The van der Waals surface area contributed by atoms with Crippen LogP contribution in [0.2, 0.25) is 0 Å².